The van der Waals surface area contributed by atoms with Crippen LogP contribution in [0, 0.1) is 5.82 Å². The summed E-state index contributed by atoms with van der Waals surface area (Å²) in [6, 6.07) is 4.71. The third-order valence-electron chi connectivity index (χ3n) is 3.55. The number of methoxy groups -OCH3 is 1. The van der Waals surface area contributed by atoms with Gasteiger partial charge in [0.2, 0.25) is 0 Å². The van der Waals surface area contributed by atoms with Gasteiger partial charge in [0.1, 0.15) is 0 Å². The minimum atomic E-state index is -2.91. The zero-order valence-corrected chi connectivity index (χ0v) is 13.6. The summed E-state index contributed by atoms with van der Waals surface area (Å²) in [4.78, 5) is 6.44. The molecule has 0 aliphatic carbocycles. The number of benzene rings is 1. The van der Waals surface area contributed by atoms with Crippen molar-refractivity contribution in [1.82, 2.24) is 4.98 Å². The molecule has 118 valence electrons. The molecule has 0 N–H and O–H groups in total. The first-order valence-electron chi connectivity index (χ1n) is 6.73. The van der Waals surface area contributed by atoms with Crippen LogP contribution in [0.3, 0.4) is 0 Å². The normalized spacial score (nSPS) is 17.5. The Kier molecular flexibility index (Phi) is 4.05. The molecule has 0 amide bonds. The summed E-state index contributed by atoms with van der Waals surface area (Å²) < 4.78 is 41.6. The predicted molar refractivity (Wildman–Crippen MR) is 84.9 cm³/mol. The molecule has 0 spiro atoms. The molecule has 1 fully saturated rings. The fourth-order valence-electron chi connectivity index (χ4n) is 2.27. The average molecular weight is 342 g/mol. The van der Waals surface area contributed by atoms with Crippen LogP contribution < -0.4 is 9.64 Å². The number of aromatic nitrogens is 1. The van der Waals surface area contributed by atoms with Gasteiger partial charge < -0.3 is 9.64 Å². The Morgan fingerprint density at radius 2 is 2.05 bits per heavy atom. The van der Waals surface area contributed by atoms with E-state index in [1.54, 1.807) is 12.1 Å². The monoisotopic (exact) mass is 342 g/mol. The van der Waals surface area contributed by atoms with Crippen molar-refractivity contribution in [3.63, 3.8) is 0 Å². The maximum atomic E-state index is 13.8. The van der Waals surface area contributed by atoms with Gasteiger partial charge in [0.05, 0.1) is 24.3 Å². The predicted octanol–water partition coefficient (Wildman–Crippen LogP) is 2.19. The van der Waals surface area contributed by atoms with Gasteiger partial charge in [-0.15, -0.1) is 11.3 Å². The molecule has 1 aliphatic heterocycles. The van der Waals surface area contributed by atoms with Crippen molar-refractivity contribution in [3.8, 4) is 17.0 Å². The zero-order valence-electron chi connectivity index (χ0n) is 12.0. The van der Waals surface area contributed by atoms with E-state index in [4.69, 9.17) is 4.74 Å². The van der Waals surface area contributed by atoms with Crippen LogP contribution in [-0.2, 0) is 9.84 Å². The first-order chi connectivity index (χ1) is 10.5. The van der Waals surface area contributed by atoms with E-state index in [0.29, 0.717) is 24.3 Å². The van der Waals surface area contributed by atoms with Crippen LogP contribution in [0.1, 0.15) is 0 Å². The number of anilines is 1. The lowest BCUT2D eigenvalue weighted by molar-refractivity contribution is 0.386. The third-order valence-corrected chi connectivity index (χ3v) is 6.07. The first kappa shape index (κ1) is 15.2. The number of halogens is 1. The molecule has 0 atom stereocenters. The molecule has 1 aromatic heterocycles. The standard InChI is InChI=1S/C14H15FN2O3S2/c1-20-13-3-2-10(8-11(13)15)12-9-21-14(16-12)17-4-6-22(18,19)7-5-17/h2-3,8-9H,4-7H2,1H3. The number of nitrogens with zero attached hydrogens (tertiary/aromatic N) is 2. The van der Waals surface area contributed by atoms with Gasteiger partial charge in [-0.1, -0.05) is 0 Å². The van der Waals surface area contributed by atoms with Crippen molar-refractivity contribution < 1.29 is 17.5 Å². The van der Waals surface area contributed by atoms with Gasteiger partial charge in [-0.2, -0.15) is 0 Å². The van der Waals surface area contributed by atoms with Crippen LogP contribution in [-0.4, -0.2) is 45.1 Å². The van der Waals surface area contributed by atoms with Crippen LogP contribution in [0.5, 0.6) is 5.75 Å². The lowest BCUT2D eigenvalue weighted by Gasteiger charge is -2.25. The molecule has 0 radical (unpaired) electrons. The van der Waals surface area contributed by atoms with Crippen molar-refractivity contribution in [1.29, 1.82) is 0 Å². The van der Waals surface area contributed by atoms with Crippen molar-refractivity contribution >= 4 is 26.3 Å². The van der Waals surface area contributed by atoms with E-state index in [-0.39, 0.29) is 17.3 Å². The lowest BCUT2D eigenvalue weighted by atomic mass is 10.1. The molecule has 0 saturated carbocycles. The molecule has 0 unspecified atom stereocenters. The van der Waals surface area contributed by atoms with Gasteiger partial charge in [-0.3, -0.25) is 0 Å². The SMILES string of the molecule is COc1ccc(-c2csc(N3CCS(=O)(=O)CC3)n2)cc1F. The lowest BCUT2D eigenvalue weighted by Crippen LogP contribution is -2.40. The summed E-state index contributed by atoms with van der Waals surface area (Å²) in [5.74, 6) is 0.0667. The second-order valence-corrected chi connectivity index (χ2v) is 8.14. The van der Waals surface area contributed by atoms with Gasteiger partial charge in [0.15, 0.2) is 26.5 Å². The van der Waals surface area contributed by atoms with Crippen molar-refractivity contribution in [2.24, 2.45) is 0 Å². The number of ether oxygens (including phenoxy) is 1. The maximum absolute atomic E-state index is 13.8. The smallest absolute Gasteiger partial charge is 0.185 e. The highest BCUT2D eigenvalue weighted by Crippen LogP contribution is 2.30. The van der Waals surface area contributed by atoms with Gasteiger partial charge in [0.25, 0.3) is 0 Å². The van der Waals surface area contributed by atoms with E-state index in [2.05, 4.69) is 4.98 Å². The Balaban J connectivity index is 1.81. The molecule has 1 aromatic carbocycles. The zero-order chi connectivity index (χ0) is 15.7. The van der Waals surface area contributed by atoms with Crippen molar-refractivity contribution in [3.05, 3.63) is 29.4 Å². The highest BCUT2D eigenvalue weighted by atomic mass is 32.2. The highest BCUT2D eigenvalue weighted by Gasteiger charge is 2.23. The minimum absolute atomic E-state index is 0.152. The van der Waals surface area contributed by atoms with Crippen molar-refractivity contribution in [2.45, 2.75) is 0 Å². The second-order valence-electron chi connectivity index (χ2n) is 5.00. The van der Waals surface area contributed by atoms with Crippen LogP contribution in [0.25, 0.3) is 11.3 Å². The largest absolute Gasteiger partial charge is 0.494 e. The Morgan fingerprint density at radius 1 is 1.32 bits per heavy atom. The molecule has 2 aromatic rings. The van der Waals surface area contributed by atoms with Gasteiger partial charge in [0, 0.05) is 24.0 Å². The van der Waals surface area contributed by atoms with E-state index < -0.39 is 15.7 Å². The molecule has 1 aliphatic rings. The third kappa shape index (κ3) is 3.07. The van der Waals surface area contributed by atoms with Crippen LogP contribution >= 0.6 is 11.3 Å². The maximum Gasteiger partial charge on any atom is 0.185 e. The van der Waals surface area contributed by atoms with Gasteiger partial charge in [-0.05, 0) is 18.2 Å². The first-order valence-corrected chi connectivity index (χ1v) is 9.43. The van der Waals surface area contributed by atoms with E-state index in [1.165, 1.54) is 24.5 Å². The number of thiazole rings is 1. The molecule has 8 heteroatoms. The number of rotatable bonds is 3. The second kappa shape index (κ2) is 5.85. The summed E-state index contributed by atoms with van der Waals surface area (Å²) >= 11 is 1.43. The number of hydrogen-bond donors (Lipinski definition) is 0. The van der Waals surface area contributed by atoms with E-state index in [0.717, 1.165) is 5.13 Å². The summed E-state index contributed by atoms with van der Waals surface area (Å²) in [6.07, 6.45) is 0. The Morgan fingerprint density at radius 3 is 2.68 bits per heavy atom. The Bertz CT molecular complexity index is 775. The fourth-order valence-corrected chi connectivity index (χ4v) is 4.36. The molecule has 3 rings (SSSR count). The number of sulfone groups is 1. The van der Waals surface area contributed by atoms with Crippen molar-refractivity contribution in [2.75, 3.05) is 36.6 Å². The van der Waals surface area contributed by atoms with Crippen LogP contribution in [0.2, 0.25) is 0 Å². The minimum Gasteiger partial charge on any atom is -0.494 e. The number of hydrogen-bond acceptors (Lipinski definition) is 6. The van der Waals surface area contributed by atoms with E-state index in [9.17, 15) is 12.8 Å². The molecule has 5 nitrogen and oxygen atoms in total. The molecule has 0 bridgehead atoms. The van der Waals surface area contributed by atoms with Gasteiger partial charge in [-0.25, -0.2) is 17.8 Å². The Hall–Kier alpha value is -1.67. The summed E-state index contributed by atoms with van der Waals surface area (Å²) in [5, 5.41) is 2.61. The highest BCUT2D eigenvalue weighted by molar-refractivity contribution is 7.91. The van der Waals surface area contributed by atoms with E-state index in [1.807, 2.05) is 10.3 Å². The molecule has 22 heavy (non-hydrogen) atoms. The molecular weight excluding hydrogens is 327 g/mol. The van der Waals surface area contributed by atoms with Gasteiger partial charge >= 0.3 is 0 Å². The molecule has 1 saturated heterocycles. The average Bonchev–Trinajstić information content (AvgIpc) is 2.97. The van der Waals surface area contributed by atoms with Crippen LogP contribution in [0.4, 0.5) is 9.52 Å². The summed E-state index contributed by atoms with van der Waals surface area (Å²) in [6.45, 7) is 0.901. The quantitative estimate of drug-likeness (QED) is 0.856. The summed E-state index contributed by atoms with van der Waals surface area (Å²) in [5.41, 5.74) is 1.35. The van der Waals surface area contributed by atoms with E-state index >= 15 is 0 Å². The summed E-state index contributed by atoms with van der Waals surface area (Å²) in [7, 11) is -1.49. The van der Waals surface area contributed by atoms with Crippen LogP contribution in [0.15, 0.2) is 23.6 Å². The Labute approximate surface area is 132 Å². The fraction of sp³-hybridized carbons (Fsp3) is 0.357. The topological polar surface area (TPSA) is 59.5 Å². The molecule has 2 heterocycles. The molecular formula is C14H15FN2O3S2.